The van der Waals surface area contributed by atoms with E-state index >= 15 is 0 Å². The molecule has 9 heteroatoms. The van der Waals surface area contributed by atoms with Crippen LogP contribution in [0.3, 0.4) is 0 Å². The number of thiocarbonyl (C=S) groups is 1. The Bertz CT molecular complexity index is 970. The average Bonchev–Trinajstić information content (AvgIpc) is 2.97. The van der Waals surface area contributed by atoms with Gasteiger partial charge in [0.05, 0.1) is 41.3 Å². The predicted octanol–water partition coefficient (Wildman–Crippen LogP) is 3.30. The highest BCUT2D eigenvalue weighted by atomic mass is 32.1. The number of hydrogen-bond donors (Lipinski definition) is 2. The van der Waals surface area contributed by atoms with Crippen LogP contribution in [-0.2, 0) is 7.05 Å². The highest BCUT2D eigenvalue weighted by molar-refractivity contribution is 7.80. The van der Waals surface area contributed by atoms with Gasteiger partial charge >= 0.3 is 0 Å². The molecule has 0 aliphatic carbocycles. The van der Waals surface area contributed by atoms with Crippen molar-refractivity contribution in [1.82, 2.24) is 9.55 Å². The van der Waals surface area contributed by atoms with Gasteiger partial charge in [-0.2, -0.15) is 0 Å². The third-order valence-corrected chi connectivity index (χ3v) is 3.85. The standard InChI is InChI=1S/C16H15N5O3S/c1-20-9-17-15-12(4-3-5-13(15)20)19-16(25)18-11-7-6-10(21(22)23)8-14(11)24-2/h3-9H,1-2H3,(H2,18,19,25). The Morgan fingerprint density at radius 2 is 2.04 bits per heavy atom. The average molecular weight is 357 g/mol. The first-order valence-corrected chi connectivity index (χ1v) is 7.71. The molecule has 0 aliphatic heterocycles. The maximum Gasteiger partial charge on any atom is 0.273 e. The number of aryl methyl sites for hydroxylation is 1. The molecular weight excluding hydrogens is 342 g/mol. The number of ether oxygens (including phenoxy) is 1. The summed E-state index contributed by atoms with van der Waals surface area (Å²) in [4.78, 5) is 14.7. The number of methoxy groups -OCH3 is 1. The minimum Gasteiger partial charge on any atom is -0.494 e. The highest BCUT2D eigenvalue weighted by Crippen LogP contribution is 2.29. The number of non-ortho nitro benzene ring substituents is 1. The zero-order chi connectivity index (χ0) is 18.0. The van der Waals surface area contributed by atoms with E-state index in [2.05, 4.69) is 15.6 Å². The van der Waals surface area contributed by atoms with Crippen molar-refractivity contribution in [3.8, 4) is 5.75 Å². The molecule has 0 aliphatic rings. The molecule has 128 valence electrons. The SMILES string of the molecule is COc1cc([N+](=O)[O-])ccc1NC(=S)Nc1cccc2c1ncn2C. The van der Waals surface area contributed by atoms with E-state index in [1.54, 1.807) is 12.4 Å². The normalized spacial score (nSPS) is 10.5. The number of aromatic nitrogens is 2. The van der Waals surface area contributed by atoms with Crippen molar-refractivity contribution in [3.63, 3.8) is 0 Å². The molecule has 2 N–H and O–H groups in total. The Kier molecular flexibility index (Phi) is 4.48. The van der Waals surface area contributed by atoms with E-state index in [1.165, 1.54) is 19.2 Å². The Morgan fingerprint density at radius 1 is 1.28 bits per heavy atom. The molecule has 1 heterocycles. The number of benzene rings is 2. The number of fused-ring (bicyclic) bond motifs is 1. The van der Waals surface area contributed by atoms with Crippen molar-refractivity contribution >= 4 is 45.4 Å². The van der Waals surface area contributed by atoms with Crippen LogP contribution in [0.15, 0.2) is 42.7 Å². The van der Waals surface area contributed by atoms with Crippen LogP contribution in [0.2, 0.25) is 0 Å². The molecule has 0 atom stereocenters. The number of rotatable bonds is 4. The maximum atomic E-state index is 10.9. The summed E-state index contributed by atoms with van der Waals surface area (Å²) in [6, 6.07) is 10.0. The molecule has 0 radical (unpaired) electrons. The van der Waals surface area contributed by atoms with Crippen molar-refractivity contribution in [1.29, 1.82) is 0 Å². The molecule has 0 unspecified atom stereocenters. The summed E-state index contributed by atoms with van der Waals surface area (Å²) < 4.78 is 7.10. The third kappa shape index (κ3) is 3.36. The number of nitro benzene ring substituents is 1. The minimum atomic E-state index is -0.482. The number of imidazole rings is 1. The van der Waals surface area contributed by atoms with Gasteiger partial charge in [0.2, 0.25) is 0 Å². The van der Waals surface area contributed by atoms with Gasteiger partial charge in [-0.1, -0.05) is 6.07 Å². The van der Waals surface area contributed by atoms with E-state index in [0.717, 1.165) is 16.7 Å². The summed E-state index contributed by atoms with van der Waals surface area (Å²) in [5, 5.41) is 17.3. The second kappa shape index (κ2) is 6.73. The quantitative estimate of drug-likeness (QED) is 0.420. The topological polar surface area (TPSA) is 94.2 Å². The number of hydrogen-bond acceptors (Lipinski definition) is 5. The van der Waals surface area contributed by atoms with Crippen LogP contribution in [0.1, 0.15) is 0 Å². The molecule has 0 saturated carbocycles. The smallest absolute Gasteiger partial charge is 0.273 e. The second-order valence-electron chi connectivity index (χ2n) is 5.25. The van der Waals surface area contributed by atoms with Crippen molar-refractivity contribution in [3.05, 3.63) is 52.8 Å². The lowest BCUT2D eigenvalue weighted by molar-refractivity contribution is -0.384. The Balaban J connectivity index is 1.81. The van der Waals surface area contributed by atoms with Gasteiger partial charge in [0, 0.05) is 13.1 Å². The van der Waals surface area contributed by atoms with E-state index in [4.69, 9.17) is 17.0 Å². The second-order valence-corrected chi connectivity index (χ2v) is 5.66. The summed E-state index contributed by atoms with van der Waals surface area (Å²) in [7, 11) is 3.35. The Hall–Kier alpha value is -3.20. The van der Waals surface area contributed by atoms with E-state index in [0.29, 0.717) is 16.5 Å². The number of anilines is 2. The number of para-hydroxylation sites is 1. The number of nitrogens with zero attached hydrogens (tertiary/aromatic N) is 3. The molecule has 25 heavy (non-hydrogen) atoms. The summed E-state index contributed by atoms with van der Waals surface area (Å²) in [5.74, 6) is 0.328. The van der Waals surface area contributed by atoms with Gasteiger partial charge in [-0.05, 0) is 30.4 Å². The molecule has 0 saturated heterocycles. The number of nitro groups is 1. The van der Waals surface area contributed by atoms with Gasteiger partial charge in [-0.3, -0.25) is 10.1 Å². The fraction of sp³-hybridized carbons (Fsp3) is 0.125. The molecule has 1 aromatic heterocycles. The minimum absolute atomic E-state index is 0.0560. The Morgan fingerprint density at radius 3 is 2.76 bits per heavy atom. The van der Waals surface area contributed by atoms with Crippen LogP contribution >= 0.6 is 12.2 Å². The molecule has 3 rings (SSSR count). The van der Waals surface area contributed by atoms with E-state index < -0.39 is 4.92 Å². The monoisotopic (exact) mass is 357 g/mol. The third-order valence-electron chi connectivity index (χ3n) is 3.65. The lowest BCUT2D eigenvalue weighted by Crippen LogP contribution is -2.19. The zero-order valence-electron chi connectivity index (χ0n) is 13.5. The van der Waals surface area contributed by atoms with Crippen molar-refractivity contribution in [2.75, 3.05) is 17.7 Å². The zero-order valence-corrected chi connectivity index (χ0v) is 14.3. The van der Waals surface area contributed by atoms with E-state index in [-0.39, 0.29) is 5.69 Å². The van der Waals surface area contributed by atoms with Crippen LogP contribution in [0, 0.1) is 10.1 Å². The number of nitrogens with one attached hydrogen (secondary N) is 2. The molecule has 3 aromatic rings. The maximum absolute atomic E-state index is 10.9. The first-order chi connectivity index (χ1) is 12.0. The summed E-state index contributed by atoms with van der Waals surface area (Å²) in [6.45, 7) is 0. The molecular formula is C16H15N5O3S. The molecule has 8 nitrogen and oxygen atoms in total. The lowest BCUT2D eigenvalue weighted by Gasteiger charge is -2.13. The first-order valence-electron chi connectivity index (χ1n) is 7.30. The summed E-state index contributed by atoms with van der Waals surface area (Å²) >= 11 is 5.33. The van der Waals surface area contributed by atoms with Crippen LogP contribution < -0.4 is 15.4 Å². The fourth-order valence-electron chi connectivity index (χ4n) is 2.43. The molecule has 0 spiro atoms. The van der Waals surface area contributed by atoms with Crippen LogP contribution in [0.5, 0.6) is 5.75 Å². The molecule has 0 amide bonds. The van der Waals surface area contributed by atoms with Crippen LogP contribution in [0.25, 0.3) is 11.0 Å². The van der Waals surface area contributed by atoms with Gasteiger partial charge in [-0.25, -0.2) is 4.98 Å². The first kappa shape index (κ1) is 16.7. The fourth-order valence-corrected chi connectivity index (χ4v) is 2.65. The molecule has 2 aromatic carbocycles. The van der Waals surface area contributed by atoms with Crippen LogP contribution in [0.4, 0.5) is 17.1 Å². The summed E-state index contributed by atoms with van der Waals surface area (Å²) in [5.41, 5.74) is 3.00. The lowest BCUT2D eigenvalue weighted by atomic mass is 10.2. The van der Waals surface area contributed by atoms with Gasteiger partial charge in [0.25, 0.3) is 5.69 Å². The molecule has 0 bridgehead atoms. The van der Waals surface area contributed by atoms with Gasteiger partial charge in [0.1, 0.15) is 11.3 Å². The van der Waals surface area contributed by atoms with E-state index in [1.807, 2.05) is 29.8 Å². The van der Waals surface area contributed by atoms with Crippen molar-refractivity contribution in [2.45, 2.75) is 0 Å². The largest absolute Gasteiger partial charge is 0.494 e. The highest BCUT2D eigenvalue weighted by Gasteiger charge is 2.13. The van der Waals surface area contributed by atoms with E-state index in [9.17, 15) is 10.1 Å². The molecule has 0 fully saturated rings. The van der Waals surface area contributed by atoms with Crippen molar-refractivity contribution in [2.24, 2.45) is 7.05 Å². The van der Waals surface area contributed by atoms with Gasteiger partial charge < -0.3 is 19.9 Å². The van der Waals surface area contributed by atoms with Crippen molar-refractivity contribution < 1.29 is 9.66 Å². The van der Waals surface area contributed by atoms with Gasteiger partial charge in [-0.15, -0.1) is 0 Å². The van der Waals surface area contributed by atoms with Crippen LogP contribution in [-0.4, -0.2) is 26.7 Å². The Labute approximate surface area is 148 Å². The van der Waals surface area contributed by atoms with Gasteiger partial charge in [0.15, 0.2) is 5.11 Å². The predicted molar refractivity (Wildman–Crippen MR) is 100 cm³/mol. The summed E-state index contributed by atoms with van der Waals surface area (Å²) in [6.07, 6.45) is 1.73.